The molecule has 7 nitrogen and oxygen atoms in total. The summed E-state index contributed by atoms with van der Waals surface area (Å²) in [5.74, 6) is 0.143. The van der Waals surface area contributed by atoms with E-state index < -0.39 is 5.97 Å². The summed E-state index contributed by atoms with van der Waals surface area (Å²) < 4.78 is 12.1. The van der Waals surface area contributed by atoms with E-state index in [2.05, 4.69) is 18.7 Å². The first-order valence-electron chi connectivity index (χ1n) is 8.50. The number of nitriles is 1. The van der Waals surface area contributed by atoms with Gasteiger partial charge in [-0.2, -0.15) is 5.26 Å². The Morgan fingerprint density at radius 2 is 1.92 bits per heavy atom. The Morgan fingerprint density at radius 3 is 2.46 bits per heavy atom. The van der Waals surface area contributed by atoms with Crippen molar-refractivity contribution in [3.63, 3.8) is 0 Å². The highest BCUT2D eigenvalue weighted by molar-refractivity contribution is 5.95. The van der Waals surface area contributed by atoms with Gasteiger partial charge in [0.25, 0.3) is 0 Å². The van der Waals surface area contributed by atoms with Crippen LogP contribution in [0, 0.1) is 11.3 Å². The van der Waals surface area contributed by atoms with Crippen LogP contribution in [-0.2, 0) is 4.74 Å². The highest BCUT2D eigenvalue weighted by atomic mass is 16.5. The first-order valence-corrected chi connectivity index (χ1v) is 8.50. The molecule has 0 aliphatic rings. The van der Waals surface area contributed by atoms with E-state index in [0.29, 0.717) is 12.3 Å². The van der Waals surface area contributed by atoms with Crippen LogP contribution in [0.4, 0.5) is 5.69 Å². The molecule has 1 aromatic carbocycles. The van der Waals surface area contributed by atoms with Crippen LogP contribution in [0.2, 0.25) is 0 Å². The van der Waals surface area contributed by atoms with Crippen LogP contribution in [-0.4, -0.2) is 48.8 Å². The Balaban J connectivity index is 2.18. The Hall–Kier alpha value is -2.98. The summed E-state index contributed by atoms with van der Waals surface area (Å²) in [6.07, 6.45) is 1.53. The fraction of sp³-hybridized carbons (Fsp3) is 0.368. The summed E-state index contributed by atoms with van der Waals surface area (Å²) in [6, 6.07) is 9.23. The quantitative estimate of drug-likeness (QED) is 0.730. The molecule has 0 unspecified atom stereocenters. The number of esters is 1. The van der Waals surface area contributed by atoms with Crippen LogP contribution in [0.1, 0.15) is 29.9 Å². The summed E-state index contributed by atoms with van der Waals surface area (Å²) in [6.45, 7) is 7.69. The minimum atomic E-state index is -0.594. The zero-order chi connectivity index (χ0) is 19.1. The second-order valence-electron chi connectivity index (χ2n) is 5.65. The van der Waals surface area contributed by atoms with E-state index in [9.17, 15) is 4.79 Å². The topological polar surface area (TPSA) is 93.5 Å². The molecule has 0 spiro atoms. The lowest BCUT2D eigenvalue weighted by molar-refractivity contribution is 0.0593. The van der Waals surface area contributed by atoms with Gasteiger partial charge in [-0.05, 0) is 37.4 Å². The van der Waals surface area contributed by atoms with Crippen molar-refractivity contribution in [3.05, 3.63) is 41.7 Å². The van der Waals surface area contributed by atoms with E-state index in [0.717, 1.165) is 25.4 Å². The van der Waals surface area contributed by atoms with Gasteiger partial charge in [-0.3, -0.25) is 0 Å². The van der Waals surface area contributed by atoms with Gasteiger partial charge < -0.3 is 24.7 Å². The van der Waals surface area contributed by atoms with Crippen LogP contribution < -0.4 is 10.5 Å². The summed E-state index contributed by atoms with van der Waals surface area (Å²) in [5.41, 5.74) is 7.07. The number of nitrogen functional groups attached to an aromatic ring is 1. The van der Waals surface area contributed by atoms with Gasteiger partial charge in [0.1, 0.15) is 18.4 Å². The lowest BCUT2D eigenvalue weighted by atomic mass is 10.2. The lowest BCUT2D eigenvalue weighted by Crippen LogP contribution is -2.27. The van der Waals surface area contributed by atoms with Crippen molar-refractivity contribution in [2.24, 2.45) is 0 Å². The van der Waals surface area contributed by atoms with E-state index >= 15 is 0 Å². The summed E-state index contributed by atoms with van der Waals surface area (Å²) in [7, 11) is 1.28. The summed E-state index contributed by atoms with van der Waals surface area (Å²) in [5, 5.41) is 9.16. The number of likely N-dealkylation sites (N-methyl/N-ethyl adjacent to an activating group) is 1. The third-order valence-corrected chi connectivity index (χ3v) is 4.23. The molecule has 138 valence electrons. The predicted octanol–water partition coefficient (Wildman–Crippen LogP) is 2.44. The number of hydrogen-bond acceptors (Lipinski definition) is 6. The summed E-state index contributed by atoms with van der Waals surface area (Å²) >= 11 is 0. The fourth-order valence-electron chi connectivity index (χ4n) is 2.65. The van der Waals surface area contributed by atoms with Crippen LogP contribution in [0.25, 0.3) is 5.69 Å². The molecule has 2 rings (SSSR count). The van der Waals surface area contributed by atoms with Gasteiger partial charge in [-0.25, -0.2) is 4.79 Å². The number of ether oxygens (including phenoxy) is 2. The van der Waals surface area contributed by atoms with Gasteiger partial charge in [0.05, 0.1) is 18.4 Å². The van der Waals surface area contributed by atoms with Crippen LogP contribution in [0.15, 0.2) is 30.5 Å². The Labute approximate surface area is 153 Å². The fourth-order valence-corrected chi connectivity index (χ4v) is 2.65. The van der Waals surface area contributed by atoms with Gasteiger partial charge in [0, 0.05) is 18.4 Å². The molecule has 0 saturated carbocycles. The number of carbonyl (C=O) groups is 1. The van der Waals surface area contributed by atoms with E-state index in [1.54, 1.807) is 16.7 Å². The van der Waals surface area contributed by atoms with Gasteiger partial charge in [0.2, 0.25) is 0 Å². The van der Waals surface area contributed by atoms with E-state index in [-0.39, 0.29) is 16.9 Å². The van der Waals surface area contributed by atoms with Gasteiger partial charge >= 0.3 is 5.97 Å². The van der Waals surface area contributed by atoms with Crippen molar-refractivity contribution in [1.82, 2.24) is 9.47 Å². The number of methoxy groups -OCH3 is 1. The maximum absolute atomic E-state index is 12.0. The number of rotatable bonds is 8. The number of anilines is 1. The van der Waals surface area contributed by atoms with Crippen molar-refractivity contribution >= 4 is 11.7 Å². The molecular formula is C19H24N4O3. The first-order chi connectivity index (χ1) is 12.5. The number of nitrogens with zero attached hydrogens (tertiary/aromatic N) is 3. The van der Waals surface area contributed by atoms with E-state index in [1.165, 1.54) is 13.3 Å². The molecule has 0 bridgehead atoms. The first kappa shape index (κ1) is 19.3. The molecule has 0 atom stereocenters. The number of nitrogens with two attached hydrogens (primary N) is 1. The summed E-state index contributed by atoms with van der Waals surface area (Å²) in [4.78, 5) is 14.3. The van der Waals surface area contributed by atoms with Gasteiger partial charge in [-0.1, -0.05) is 13.8 Å². The molecule has 1 aromatic heterocycles. The number of carbonyl (C=O) groups excluding carboxylic acids is 1. The maximum atomic E-state index is 12.0. The third-order valence-electron chi connectivity index (χ3n) is 4.23. The highest BCUT2D eigenvalue weighted by Crippen LogP contribution is 2.25. The SMILES string of the molecule is CCN(CC)CCOc1ccc(-n2cc(C#N)c(N)c2C(=O)OC)cc1. The molecule has 7 heteroatoms. The van der Waals surface area contributed by atoms with Crippen LogP contribution >= 0.6 is 0 Å². The van der Waals surface area contributed by atoms with E-state index in [4.69, 9.17) is 20.5 Å². The Kier molecular flexibility index (Phi) is 6.64. The minimum Gasteiger partial charge on any atom is -0.492 e. The van der Waals surface area contributed by atoms with Crippen molar-refractivity contribution in [2.45, 2.75) is 13.8 Å². The van der Waals surface area contributed by atoms with Crippen molar-refractivity contribution in [2.75, 3.05) is 39.1 Å². The molecule has 26 heavy (non-hydrogen) atoms. The molecule has 1 heterocycles. The largest absolute Gasteiger partial charge is 0.492 e. The molecular weight excluding hydrogens is 332 g/mol. The minimum absolute atomic E-state index is 0.110. The highest BCUT2D eigenvalue weighted by Gasteiger charge is 2.21. The molecule has 0 fully saturated rings. The number of benzene rings is 1. The number of aromatic nitrogens is 1. The molecule has 0 radical (unpaired) electrons. The normalized spacial score (nSPS) is 10.6. The van der Waals surface area contributed by atoms with Gasteiger partial charge in [0.15, 0.2) is 5.69 Å². The predicted molar refractivity (Wildman–Crippen MR) is 99.5 cm³/mol. The molecule has 0 saturated heterocycles. The molecule has 2 N–H and O–H groups in total. The Morgan fingerprint density at radius 1 is 1.27 bits per heavy atom. The third kappa shape index (κ3) is 4.16. The molecule has 0 amide bonds. The average Bonchev–Trinajstić information content (AvgIpc) is 3.01. The second kappa shape index (κ2) is 8.92. The molecule has 2 aromatic rings. The standard InChI is InChI=1S/C19H24N4O3/c1-4-22(5-2)10-11-26-16-8-6-15(7-9-16)23-13-14(12-20)17(21)18(23)19(24)25-3/h6-9,13H,4-5,10-11,21H2,1-3H3. The van der Waals surface area contributed by atoms with Crippen molar-refractivity contribution in [1.29, 1.82) is 5.26 Å². The zero-order valence-corrected chi connectivity index (χ0v) is 15.4. The van der Waals surface area contributed by atoms with Crippen LogP contribution in [0.5, 0.6) is 5.75 Å². The smallest absolute Gasteiger partial charge is 0.357 e. The van der Waals surface area contributed by atoms with Crippen LogP contribution in [0.3, 0.4) is 0 Å². The molecule has 0 aliphatic carbocycles. The zero-order valence-electron chi connectivity index (χ0n) is 15.4. The number of hydrogen-bond donors (Lipinski definition) is 1. The van der Waals surface area contributed by atoms with Gasteiger partial charge in [-0.15, -0.1) is 0 Å². The Bertz CT molecular complexity index is 786. The van der Waals surface area contributed by atoms with Crippen molar-refractivity contribution < 1.29 is 14.3 Å². The maximum Gasteiger partial charge on any atom is 0.357 e. The second-order valence-corrected chi connectivity index (χ2v) is 5.65. The molecule has 0 aliphatic heterocycles. The lowest BCUT2D eigenvalue weighted by Gasteiger charge is -2.18. The monoisotopic (exact) mass is 356 g/mol. The van der Waals surface area contributed by atoms with E-state index in [1.807, 2.05) is 18.2 Å². The van der Waals surface area contributed by atoms with Crippen molar-refractivity contribution in [3.8, 4) is 17.5 Å². The average molecular weight is 356 g/mol.